The van der Waals surface area contributed by atoms with Gasteiger partial charge in [-0.2, -0.15) is 5.10 Å². The van der Waals surface area contributed by atoms with E-state index in [-0.39, 0.29) is 19.1 Å². The maximum atomic E-state index is 12.2. The van der Waals surface area contributed by atoms with Crippen molar-refractivity contribution in [3.05, 3.63) is 70.2 Å². The van der Waals surface area contributed by atoms with Crippen molar-refractivity contribution in [3.63, 3.8) is 0 Å². The van der Waals surface area contributed by atoms with Gasteiger partial charge in [0.25, 0.3) is 5.91 Å². The number of hydrazone groups is 1. The molecule has 0 aromatic heterocycles. The second-order valence-electron chi connectivity index (χ2n) is 6.52. The number of nitrogens with one attached hydrogen (secondary N) is 3. The molecule has 0 radical (unpaired) electrons. The zero-order valence-electron chi connectivity index (χ0n) is 17.2. The van der Waals surface area contributed by atoms with Gasteiger partial charge in [0.05, 0.1) is 6.21 Å². The molecule has 2 rings (SSSR count). The average Bonchev–Trinajstić information content (AvgIpc) is 2.74. The molecule has 9 heteroatoms. The maximum Gasteiger partial charge on any atom is 0.329 e. The summed E-state index contributed by atoms with van der Waals surface area (Å²) >= 11 is 3.35. The van der Waals surface area contributed by atoms with Crippen LogP contribution in [0.5, 0.6) is 5.75 Å². The SMILES string of the molecule is C=CCNC(=O)C(=O)N/N=C\c1cc(Br)ccc1OCC(=O)Nc1ccc(C)c(C)c1. The number of aryl methyl sites for hydroxylation is 2. The predicted octanol–water partition coefficient (Wildman–Crippen LogP) is 2.84. The summed E-state index contributed by atoms with van der Waals surface area (Å²) in [5, 5.41) is 8.90. The Hall–Kier alpha value is -3.46. The van der Waals surface area contributed by atoms with Crippen molar-refractivity contribution in [2.24, 2.45) is 5.10 Å². The second-order valence-corrected chi connectivity index (χ2v) is 7.43. The molecule has 0 spiro atoms. The number of amides is 3. The first kappa shape index (κ1) is 23.8. The molecule has 3 N–H and O–H groups in total. The maximum absolute atomic E-state index is 12.2. The Morgan fingerprint density at radius 3 is 2.58 bits per heavy atom. The van der Waals surface area contributed by atoms with Gasteiger partial charge in [-0.25, -0.2) is 5.43 Å². The highest BCUT2D eigenvalue weighted by Crippen LogP contribution is 2.22. The van der Waals surface area contributed by atoms with Crippen LogP contribution in [0.1, 0.15) is 16.7 Å². The summed E-state index contributed by atoms with van der Waals surface area (Å²) in [7, 11) is 0. The lowest BCUT2D eigenvalue weighted by molar-refractivity contribution is -0.139. The lowest BCUT2D eigenvalue weighted by atomic mass is 10.1. The van der Waals surface area contributed by atoms with Gasteiger partial charge in [-0.3, -0.25) is 14.4 Å². The molecule has 0 saturated carbocycles. The molecule has 8 nitrogen and oxygen atoms in total. The third kappa shape index (κ3) is 7.71. The van der Waals surface area contributed by atoms with Gasteiger partial charge in [-0.1, -0.05) is 28.1 Å². The zero-order chi connectivity index (χ0) is 22.8. The van der Waals surface area contributed by atoms with E-state index in [0.717, 1.165) is 15.6 Å². The number of carbonyl (C=O) groups excluding carboxylic acids is 3. The Kier molecular flexibility index (Phi) is 8.95. The minimum absolute atomic E-state index is 0.170. The van der Waals surface area contributed by atoms with Crippen molar-refractivity contribution < 1.29 is 19.1 Å². The number of hydrogen-bond acceptors (Lipinski definition) is 5. The Morgan fingerprint density at radius 2 is 1.87 bits per heavy atom. The number of carbonyl (C=O) groups is 3. The van der Waals surface area contributed by atoms with E-state index >= 15 is 0 Å². The molecule has 31 heavy (non-hydrogen) atoms. The van der Waals surface area contributed by atoms with Crippen LogP contribution < -0.4 is 20.8 Å². The Labute approximate surface area is 188 Å². The quantitative estimate of drug-likeness (QED) is 0.230. The molecule has 0 heterocycles. The summed E-state index contributed by atoms with van der Waals surface area (Å²) in [5.41, 5.74) is 5.53. The van der Waals surface area contributed by atoms with Crippen LogP contribution in [0.3, 0.4) is 0 Å². The smallest absolute Gasteiger partial charge is 0.329 e. The van der Waals surface area contributed by atoms with Crippen LogP contribution in [0, 0.1) is 13.8 Å². The Balaban J connectivity index is 1.98. The van der Waals surface area contributed by atoms with Crippen LogP contribution in [0.15, 0.2) is 58.6 Å². The normalized spacial score (nSPS) is 10.4. The minimum Gasteiger partial charge on any atom is -0.483 e. The van der Waals surface area contributed by atoms with Gasteiger partial charge in [0.1, 0.15) is 5.75 Å². The molecule has 0 aliphatic heterocycles. The molecular formula is C22H23BrN4O4. The number of nitrogens with zero attached hydrogens (tertiary/aromatic N) is 1. The number of rotatable bonds is 8. The summed E-state index contributed by atoms with van der Waals surface area (Å²) in [6.07, 6.45) is 2.77. The molecule has 2 aromatic carbocycles. The molecule has 0 fully saturated rings. The molecule has 162 valence electrons. The van der Waals surface area contributed by atoms with Crippen LogP contribution >= 0.6 is 15.9 Å². The second kappa shape index (κ2) is 11.7. The van der Waals surface area contributed by atoms with E-state index in [1.807, 2.05) is 32.0 Å². The van der Waals surface area contributed by atoms with E-state index in [0.29, 0.717) is 17.0 Å². The minimum atomic E-state index is -0.914. The van der Waals surface area contributed by atoms with Crippen LogP contribution in [0.2, 0.25) is 0 Å². The number of benzene rings is 2. The summed E-state index contributed by atoms with van der Waals surface area (Å²) in [5.74, 6) is -1.68. The van der Waals surface area contributed by atoms with E-state index in [4.69, 9.17) is 4.74 Å². The molecule has 0 atom stereocenters. The van der Waals surface area contributed by atoms with E-state index in [1.165, 1.54) is 12.3 Å². The fraction of sp³-hybridized carbons (Fsp3) is 0.182. The van der Waals surface area contributed by atoms with E-state index in [1.54, 1.807) is 18.2 Å². The van der Waals surface area contributed by atoms with Crippen LogP contribution in [-0.2, 0) is 14.4 Å². The van der Waals surface area contributed by atoms with Gasteiger partial charge in [-0.05, 0) is 55.3 Å². The van der Waals surface area contributed by atoms with Crippen molar-refractivity contribution in [1.29, 1.82) is 0 Å². The predicted molar refractivity (Wildman–Crippen MR) is 123 cm³/mol. The van der Waals surface area contributed by atoms with Crippen molar-refractivity contribution in [2.45, 2.75) is 13.8 Å². The molecule has 0 saturated heterocycles. The summed E-state index contributed by atoms with van der Waals surface area (Å²) in [4.78, 5) is 35.4. The fourth-order valence-corrected chi connectivity index (χ4v) is 2.75. The monoisotopic (exact) mass is 486 g/mol. The fourth-order valence-electron chi connectivity index (χ4n) is 2.37. The van der Waals surface area contributed by atoms with Gasteiger partial charge in [-0.15, -0.1) is 6.58 Å². The number of ether oxygens (including phenoxy) is 1. The van der Waals surface area contributed by atoms with E-state index < -0.39 is 11.8 Å². The molecule has 0 aliphatic carbocycles. The van der Waals surface area contributed by atoms with Crippen molar-refractivity contribution in [1.82, 2.24) is 10.7 Å². The van der Waals surface area contributed by atoms with Crippen molar-refractivity contribution >= 4 is 45.6 Å². The number of halogens is 1. The third-order valence-corrected chi connectivity index (χ3v) is 4.60. The van der Waals surface area contributed by atoms with E-state index in [9.17, 15) is 14.4 Å². The standard InChI is InChI=1S/C22H23BrN4O4/c1-4-9-24-21(29)22(30)27-25-12-16-11-17(23)6-8-19(16)31-13-20(28)26-18-7-5-14(2)15(3)10-18/h4-8,10-12H,1,9,13H2,2-3H3,(H,24,29)(H,26,28)(H,27,30)/b25-12-. The highest BCUT2D eigenvalue weighted by Gasteiger charge is 2.11. The Morgan fingerprint density at radius 1 is 1.10 bits per heavy atom. The van der Waals surface area contributed by atoms with Crippen molar-refractivity contribution in [2.75, 3.05) is 18.5 Å². The van der Waals surface area contributed by atoms with Crippen molar-refractivity contribution in [3.8, 4) is 5.75 Å². The first-order chi connectivity index (χ1) is 14.8. The summed E-state index contributed by atoms with van der Waals surface area (Å²) in [6, 6.07) is 10.7. The molecular weight excluding hydrogens is 464 g/mol. The van der Waals surface area contributed by atoms with Crippen LogP contribution in [-0.4, -0.2) is 37.1 Å². The van der Waals surface area contributed by atoms with Gasteiger partial charge < -0.3 is 15.4 Å². The number of hydrogen-bond donors (Lipinski definition) is 3. The third-order valence-electron chi connectivity index (χ3n) is 4.10. The molecule has 2 aromatic rings. The highest BCUT2D eigenvalue weighted by atomic mass is 79.9. The largest absolute Gasteiger partial charge is 0.483 e. The van der Waals surface area contributed by atoms with Crippen LogP contribution in [0.25, 0.3) is 0 Å². The van der Waals surface area contributed by atoms with Gasteiger partial charge in [0.2, 0.25) is 0 Å². The average molecular weight is 487 g/mol. The van der Waals surface area contributed by atoms with E-state index in [2.05, 4.69) is 43.7 Å². The van der Waals surface area contributed by atoms with Gasteiger partial charge >= 0.3 is 11.8 Å². The Bertz CT molecular complexity index is 1020. The summed E-state index contributed by atoms with van der Waals surface area (Å²) in [6.45, 7) is 7.37. The molecule has 0 unspecified atom stereocenters. The topological polar surface area (TPSA) is 109 Å². The van der Waals surface area contributed by atoms with Gasteiger partial charge in [0.15, 0.2) is 6.61 Å². The van der Waals surface area contributed by atoms with Crippen LogP contribution in [0.4, 0.5) is 5.69 Å². The number of anilines is 1. The molecule has 0 bridgehead atoms. The first-order valence-electron chi connectivity index (χ1n) is 9.31. The highest BCUT2D eigenvalue weighted by molar-refractivity contribution is 9.10. The molecule has 0 aliphatic rings. The van der Waals surface area contributed by atoms with Gasteiger partial charge in [0, 0.05) is 22.3 Å². The first-order valence-corrected chi connectivity index (χ1v) is 10.1. The lowest BCUT2D eigenvalue weighted by Crippen LogP contribution is -2.37. The molecule has 3 amide bonds. The zero-order valence-corrected chi connectivity index (χ0v) is 18.8. The summed E-state index contributed by atoms with van der Waals surface area (Å²) < 4.78 is 6.36. The lowest BCUT2D eigenvalue weighted by Gasteiger charge is -2.11.